The number of hydroxylamine groups is 2. The van der Waals surface area contributed by atoms with Crippen molar-refractivity contribution in [2.45, 2.75) is 45.3 Å². The van der Waals surface area contributed by atoms with Crippen molar-refractivity contribution in [3.63, 3.8) is 0 Å². The first-order chi connectivity index (χ1) is 9.98. The molecular formula is C16H21NO4. The van der Waals surface area contributed by atoms with Gasteiger partial charge in [-0.1, -0.05) is 37.3 Å². The SMILES string of the molecule is C[C@H]1C(=O)N(OCc2ccccc2)[C@H]1[C@H]1COC(C)(C)O1. The summed E-state index contributed by atoms with van der Waals surface area (Å²) in [6, 6.07) is 9.72. The Morgan fingerprint density at radius 2 is 2.05 bits per heavy atom. The van der Waals surface area contributed by atoms with Crippen LogP contribution in [0.1, 0.15) is 26.3 Å². The third-order valence-electron chi connectivity index (χ3n) is 4.01. The van der Waals surface area contributed by atoms with Gasteiger partial charge in [-0.3, -0.25) is 9.63 Å². The molecule has 0 radical (unpaired) electrons. The quantitative estimate of drug-likeness (QED) is 0.797. The molecule has 0 saturated carbocycles. The standard InChI is InChI=1S/C16H21NO4/c1-11-14(13-10-19-16(2,3)21-13)17(15(11)18)20-9-12-7-5-4-6-8-12/h4-8,11,13-14H,9-10H2,1-3H3/t11-,13-,14-/m1/s1. The molecule has 0 aliphatic carbocycles. The number of carbonyl (C=O) groups excluding carboxylic acids is 1. The number of rotatable bonds is 4. The smallest absolute Gasteiger partial charge is 0.251 e. The molecule has 2 aliphatic heterocycles. The zero-order valence-corrected chi connectivity index (χ0v) is 12.6. The maximum Gasteiger partial charge on any atom is 0.251 e. The number of ether oxygens (including phenoxy) is 2. The lowest BCUT2D eigenvalue weighted by molar-refractivity contribution is -0.265. The predicted octanol–water partition coefficient (Wildman–Crippen LogP) is 2.12. The minimum absolute atomic E-state index is 0.00392. The first-order valence-electron chi connectivity index (χ1n) is 7.29. The van der Waals surface area contributed by atoms with Crippen LogP contribution in [0.25, 0.3) is 0 Å². The van der Waals surface area contributed by atoms with Crippen LogP contribution in [0.15, 0.2) is 30.3 Å². The minimum atomic E-state index is -0.589. The van der Waals surface area contributed by atoms with E-state index in [1.807, 2.05) is 51.1 Å². The molecule has 0 unspecified atom stereocenters. The van der Waals surface area contributed by atoms with Gasteiger partial charge in [-0.2, -0.15) is 0 Å². The molecule has 0 N–H and O–H groups in total. The zero-order valence-electron chi connectivity index (χ0n) is 12.6. The molecule has 5 heteroatoms. The fraction of sp³-hybridized carbons (Fsp3) is 0.562. The van der Waals surface area contributed by atoms with Gasteiger partial charge in [0.2, 0.25) is 0 Å². The number of amides is 1. The van der Waals surface area contributed by atoms with E-state index in [-0.39, 0.29) is 24.0 Å². The summed E-state index contributed by atoms with van der Waals surface area (Å²) < 4.78 is 11.4. The second-order valence-corrected chi connectivity index (χ2v) is 6.07. The van der Waals surface area contributed by atoms with E-state index in [0.29, 0.717) is 13.2 Å². The molecular weight excluding hydrogens is 270 g/mol. The lowest BCUT2D eigenvalue weighted by atomic mass is 9.87. The molecule has 114 valence electrons. The number of hydrogen-bond donors (Lipinski definition) is 0. The van der Waals surface area contributed by atoms with Crippen LogP contribution in [0.2, 0.25) is 0 Å². The Labute approximate surface area is 124 Å². The van der Waals surface area contributed by atoms with E-state index in [2.05, 4.69) is 0 Å². The normalized spacial score (nSPS) is 31.3. The Morgan fingerprint density at radius 3 is 2.67 bits per heavy atom. The van der Waals surface area contributed by atoms with Gasteiger partial charge in [-0.15, -0.1) is 0 Å². The Hall–Kier alpha value is -1.43. The number of benzene rings is 1. The number of hydrogen-bond acceptors (Lipinski definition) is 4. The topological polar surface area (TPSA) is 48.0 Å². The molecule has 0 spiro atoms. The maximum absolute atomic E-state index is 12.0. The molecule has 1 aromatic rings. The van der Waals surface area contributed by atoms with Gasteiger partial charge in [-0.25, -0.2) is 5.06 Å². The fourth-order valence-corrected chi connectivity index (χ4v) is 2.84. The lowest BCUT2D eigenvalue weighted by Crippen LogP contribution is -2.64. The van der Waals surface area contributed by atoms with E-state index >= 15 is 0 Å². The van der Waals surface area contributed by atoms with Gasteiger partial charge in [0.25, 0.3) is 5.91 Å². The van der Waals surface area contributed by atoms with E-state index in [9.17, 15) is 4.79 Å². The van der Waals surface area contributed by atoms with Crippen molar-refractivity contribution in [2.75, 3.05) is 6.61 Å². The second kappa shape index (κ2) is 5.40. The first-order valence-corrected chi connectivity index (χ1v) is 7.29. The molecule has 3 atom stereocenters. The van der Waals surface area contributed by atoms with Crippen molar-refractivity contribution in [3.8, 4) is 0 Å². The molecule has 1 aromatic carbocycles. The highest BCUT2D eigenvalue weighted by Crippen LogP contribution is 2.36. The highest BCUT2D eigenvalue weighted by atomic mass is 16.8. The average molecular weight is 291 g/mol. The Balaban J connectivity index is 1.62. The van der Waals surface area contributed by atoms with Gasteiger partial charge in [0.15, 0.2) is 5.79 Å². The van der Waals surface area contributed by atoms with Crippen LogP contribution >= 0.6 is 0 Å². The van der Waals surface area contributed by atoms with Crippen molar-refractivity contribution >= 4 is 5.91 Å². The monoisotopic (exact) mass is 291 g/mol. The summed E-state index contributed by atoms with van der Waals surface area (Å²) in [7, 11) is 0. The summed E-state index contributed by atoms with van der Waals surface area (Å²) in [6.07, 6.45) is -0.136. The summed E-state index contributed by atoms with van der Waals surface area (Å²) in [4.78, 5) is 17.7. The highest BCUT2D eigenvalue weighted by Gasteiger charge is 2.53. The average Bonchev–Trinajstić information content (AvgIpc) is 2.83. The summed E-state index contributed by atoms with van der Waals surface area (Å²) in [6.45, 7) is 6.54. The zero-order chi connectivity index (χ0) is 15.0. The van der Waals surface area contributed by atoms with Crippen LogP contribution < -0.4 is 0 Å². The summed E-state index contributed by atoms with van der Waals surface area (Å²) >= 11 is 0. The molecule has 5 nitrogen and oxygen atoms in total. The minimum Gasteiger partial charge on any atom is -0.348 e. The van der Waals surface area contributed by atoms with E-state index in [1.54, 1.807) is 0 Å². The largest absolute Gasteiger partial charge is 0.348 e. The van der Waals surface area contributed by atoms with E-state index < -0.39 is 5.79 Å². The molecule has 2 heterocycles. The Morgan fingerprint density at radius 1 is 1.33 bits per heavy atom. The van der Waals surface area contributed by atoms with Crippen LogP contribution in [0.5, 0.6) is 0 Å². The molecule has 2 fully saturated rings. The second-order valence-electron chi connectivity index (χ2n) is 6.07. The molecule has 21 heavy (non-hydrogen) atoms. The van der Waals surface area contributed by atoms with Crippen LogP contribution in [0.3, 0.4) is 0 Å². The predicted molar refractivity (Wildman–Crippen MR) is 75.9 cm³/mol. The van der Waals surface area contributed by atoms with Crippen molar-refractivity contribution < 1.29 is 19.1 Å². The van der Waals surface area contributed by atoms with Crippen LogP contribution in [-0.4, -0.2) is 35.5 Å². The van der Waals surface area contributed by atoms with Gasteiger partial charge in [0.05, 0.1) is 18.6 Å². The van der Waals surface area contributed by atoms with E-state index in [1.165, 1.54) is 5.06 Å². The number of β-lactam (4-membered cyclic amide) rings is 1. The van der Waals surface area contributed by atoms with E-state index in [4.69, 9.17) is 14.3 Å². The van der Waals surface area contributed by atoms with E-state index in [0.717, 1.165) is 5.56 Å². The first kappa shape index (κ1) is 14.5. The van der Waals surface area contributed by atoms with Gasteiger partial charge in [-0.05, 0) is 19.4 Å². The fourth-order valence-electron chi connectivity index (χ4n) is 2.84. The van der Waals surface area contributed by atoms with Crippen molar-refractivity contribution in [3.05, 3.63) is 35.9 Å². The van der Waals surface area contributed by atoms with Crippen LogP contribution in [0.4, 0.5) is 0 Å². The molecule has 2 aliphatic rings. The molecule has 2 saturated heterocycles. The van der Waals surface area contributed by atoms with Gasteiger partial charge in [0, 0.05) is 0 Å². The lowest BCUT2D eigenvalue weighted by Gasteiger charge is -2.46. The highest BCUT2D eigenvalue weighted by molar-refractivity contribution is 5.84. The molecule has 0 aromatic heterocycles. The van der Waals surface area contributed by atoms with Gasteiger partial charge in [0.1, 0.15) is 12.7 Å². The number of carbonyl (C=O) groups is 1. The van der Waals surface area contributed by atoms with Crippen molar-refractivity contribution in [1.29, 1.82) is 0 Å². The number of nitrogens with zero attached hydrogens (tertiary/aromatic N) is 1. The maximum atomic E-state index is 12.0. The van der Waals surface area contributed by atoms with Crippen LogP contribution in [-0.2, 0) is 25.7 Å². The molecule has 0 bridgehead atoms. The van der Waals surface area contributed by atoms with Gasteiger partial charge >= 0.3 is 0 Å². The summed E-state index contributed by atoms with van der Waals surface area (Å²) in [5, 5.41) is 1.45. The third-order valence-corrected chi connectivity index (χ3v) is 4.01. The van der Waals surface area contributed by atoms with Crippen molar-refractivity contribution in [2.24, 2.45) is 5.92 Å². The summed E-state index contributed by atoms with van der Waals surface area (Å²) in [5.41, 5.74) is 1.03. The molecule has 3 rings (SSSR count). The Kier molecular flexibility index (Phi) is 3.73. The van der Waals surface area contributed by atoms with Crippen LogP contribution in [0, 0.1) is 5.92 Å². The molecule has 1 amide bonds. The Bertz CT molecular complexity index is 516. The van der Waals surface area contributed by atoms with Crippen molar-refractivity contribution in [1.82, 2.24) is 5.06 Å². The third kappa shape index (κ3) is 2.81. The summed E-state index contributed by atoms with van der Waals surface area (Å²) in [5.74, 6) is -0.679. The van der Waals surface area contributed by atoms with Gasteiger partial charge < -0.3 is 9.47 Å².